The highest BCUT2D eigenvalue weighted by Crippen LogP contribution is 2.45. The van der Waals surface area contributed by atoms with Crippen LogP contribution in [0.2, 0.25) is 0 Å². The van der Waals surface area contributed by atoms with Crippen LogP contribution in [0.1, 0.15) is 344 Å². The number of hydrogen-bond acceptors (Lipinski definition) is 15. The zero-order chi connectivity index (χ0) is 65.2. The third-order valence-electron chi connectivity index (χ3n) is 15.9. The molecular weight excluding hydrogens is 1160 g/mol. The molecule has 0 bridgehead atoms. The Morgan fingerprint density at radius 1 is 0.307 bits per heavy atom. The lowest BCUT2D eigenvalue weighted by Gasteiger charge is -2.21. The molecule has 0 aliphatic carbocycles. The molecule has 2 unspecified atom stereocenters. The molecule has 0 radical (unpaired) electrons. The molecular formula is C69H134O17P2. The van der Waals surface area contributed by atoms with Crippen LogP contribution >= 0.6 is 15.6 Å². The molecule has 5 atom stereocenters. The molecule has 0 aromatic rings. The van der Waals surface area contributed by atoms with E-state index in [1.807, 2.05) is 0 Å². The fourth-order valence-corrected chi connectivity index (χ4v) is 11.9. The molecule has 0 aromatic heterocycles. The van der Waals surface area contributed by atoms with E-state index in [9.17, 15) is 43.2 Å². The van der Waals surface area contributed by atoms with Crippen LogP contribution < -0.4 is 0 Å². The standard InChI is InChI=1S/C69H134O17P2/c1-8-9-10-11-12-13-23-29-38-45-52-68(73)86-65(57-80-67(72)51-44-37-32-31-35-42-49-62(6)7)59-84-88(77,78)82-55-63(70)54-81-87(75,76)83-58-64(56-79-66(71)50-43-36-28-24-20-16-18-22-27-34-41-48-61(4)5)85-69(74)53-46-39-30-25-19-15-14-17-21-26-33-40-47-60(2)3/h60-65,70H,8-59H2,1-7H3,(H,75,76)(H,77,78)/t63-,64-,65-/m1/s1. The summed E-state index contributed by atoms with van der Waals surface area (Å²) in [6.07, 6.45) is 43.1. The van der Waals surface area contributed by atoms with Crippen LogP contribution in [0.3, 0.4) is 0 Å². The van der Waals surface area contributed by atoms with E-state index in [0.29, 0.717) is 31.6 Å². The molecule has 0 aliphatic rings. The smallest absolute Gasteiger partial charge is 0.462 e. The number of aliphatic hydroxyl groups is 1. The largest absolute Gasteiger partial charge is 0.472 e. The molecule has 0 saturated carbocycles. The topological polar surface area (TPSA) is 237 Å². The highest BCUT2D eigenvalue weighted by molar-refractivity contribution is 7.47. The summed E-state index contributed by atoms with van der Waals surface area (Å²) in [6, 6.07) is 0. The second-order valence-electron chi connectivity index (χ2n) is 26.3. The van der Waals surface area contributed by atoms with Gasteiger partial charge in [-0.1, -0.05) is 292 Å². The molecule has 0 spiro atoms. The van der Waals surface area contributed by atoms with Crippen molar-refractivity contribution in [1.29, 1.82) is 0 Å². The normalized spacial score (nSPS) is 14.2. The van der Waals surface area contributed by atoms with Gasteiger partial charge in [-0.2, -0.15) is 0 Å². The predicted octanol–water partition coefficient (Wildman–Crippen LogP) is 19.5. The summed E-state index contributed by atoms with van der Waals surface area (Å²) in [7, 11) is -9.90. The minimum Gasteiger partial charge on any atom is -0.462 e. The minimum absolute atomic E-state index is 0.105. The first-order valence-electron chi connectivity index (χ1n) is 35.8. The Morgan fingerprint density at radius 2 is 0.523 bits per heavy atom. The number of aliphatic hydroxyl groups excluding tert-OH is 1. The summed E-state index contributed by atoms with van der Waals surface area (Å²) in [5.41, 5.74) is 0. The zero-order valence-electron chi connectivity index (χ0n) is 57.2. The Bertz CT molecular complexity index is 1730. The second-order valence-corrected chi connectivity index (χ2v) is 29.3. The summed E-state index contributed by atoms with van der Waals surface area (Å²) in [5, 5.41) is 10.6. The summed E-state index contributed by atoms with van der Waals surface area (Å²) >= 11 is 0. The molecule has 0 aliphatic heterocycles. The Balaban J connectivity index is 5.24. The van der Waals surface area contributed by atoms with Crippen molar-refractivity contribution < 1.29 is 80.2 Å². The number of hydrogen-bond donors (Lipinski definition) is 3. The maximum Gasteiger partial charge on any atom is 0.472 e. The molecule has 0 heterocycles. The highest BCUT2D eigenvalue weighted by atomic mass is 31.2. The van der Waals surface area contributed by atoms with Crippen molar-refractivity contribution in [2.24, 2.45) is 17.8 Å². The van der Waals surface area contributed by atoms with E-state index in [1.54, 1.807) is 0 Å². The van der Waals surface area contributed by atoms with Gasteiger partial charge in [-0.25, -0.2) is 9.13 Å². The van der Waals surface area contributed by atoms with Crippen LogP contribution in [0.15, 0.2) is 0 Å². The van der Waals surface area contributed by atoms with Crippen LogP contribution in [0.4, 0.5) is 0 Å². The second kappa shape index (κ2) is 60.0. The van der Waals surface area contributed by atoms with Gasteiger partial charge in [-0.15, -0.1) is 0 Å². The van der Waals surface area contributed by atoms with Gasteiger partial charge in [0.05, 0.1) is 26.4 Å². The Hall–Kier alpha value is -1.94. The maximum absolute atomic E-state index is 13.0. The monoisotopic (exact) mass is 1300 g/mol. The average molecular weight is 1300 g/mol. The van der Waals surface area contributed by atoms with Crippen molar-refractivity contribution in [3.8, 4) is 0 Å². The molecule has 19 heteroatoms. The molecule has 17 nitrogen and oxygen atoms in total. The quantitative estimate of drug-likeness (QED) is 0.0222. The molecule has 0 aromatic carbocycles. The number of carbonyl (C=O) groups excluding carboxylic acids is 4. The van der Waals surface area contributed by atoms with Crippen LogP contribution in [-0.4, -0.2) is 96.7 Å². The summed E-state index contributed by atoms with van der Waals surface area (Å²) in [5.74, 6) is 0.0984. The van der Waals surface area contributed by atoms with Crippen LogP contribution in [0.5, 0.6) is 0 Å². The minimum atomic E-state index is -4.95. The lowest BCUT2D eigenvalue weighted by molar-refractivity contribution is -0.161. The lowest BCUT2D eigenvalue weighted by Crippen LogP contribution is -2.30. The van der Waals surface area contributed by atoms with E-state index in [2.05, 4.69) is 48.5 Å². The summed E-state index contributed by atoms with van der Waals surface area (Å²) in [6.45, 7) is 11.8. The van der Waals surface area contributed by atoms with Crippen molar-refractivity contribution in [3.63, 3.8) is 0 Å². The average Bonchev–Trinajstić information content (AvgIpc) is 3.62. The van der Waals surface area contributed by atoms with Crippen molar-refractivity contribution >= 4 is 39.5 Å². The number of rotatable bonds is 67. The van der Waals surface area contributed by atoms with E-state index in [0.717, 1.165) is 108 Å². The van der Waals surface area contributed by atoms with Gasteiger partial charge < -0.3 is 33.8 Å². The molecule has 3 N–H and O–H groups in total. The van der Waals surface area contributed by atoms with E-state index < -0.39 is 97.5 Å². The Morgan fingerprint density at radius 3 is 0.773 bits per heavy atom. The van der Waals surface area contributed by atoms with E-state index >= 15 is 0 Å². The fourth-order valence-electron chi connectivity index (χ4n) is 10.4. The molecule has 0 saturated heterocycles. The van der Waals surface area contributed by atoms with E-state index in [-0.39, 0.29) is 25.7 Å². The summed E-state index contributed by atoms with van der Waals surface area (Å²) < 4.78 is 68.2. The van der Waals surface area contributed by atoms with Gasteiger partial charge in [0.25, 0.3) is 0 Å². The van der Waals surface area contributed by atoms with Gasteiger partial charge in [-0.05, 0) is 43.4 Å². The van der Waals surface area contributed by atoms with Crippen LogP contribution in [0, 0.1) is 17.8 Å². The first-order chi connectivity index (χ1) is 42.2. The number of unbranched alkanes of at least 4 members (excludes halogenated alkanes) is 35. The fraction of sp³-hybridized carbons (Fsp3) is 0.942. The van der Waals surface area contributed by atoms with Crippen LogP contribution in [-0.2, 0) is 65.4 Å². The molecule has 0 amide bonds. The zero-order valence-corrected chi connectivity index (χ0v) is 59.0. The van der Waals surface area contributed by atoms with Gasteiger partial charge in [0.2, 0.25) is 0 Å². The van der Waals surface area contributed by atoms with Crippen LogP contribution in [0.25, 0.3) is 0 Å². The number of phosphoric ester groups is 2. The number of ether oxygens (including phenoxy) is 4. The molecule has 88 heavy (non-hydrogen) atoms. The van der Waals surface area contributed by atoms with Crippen molar-refractivity contribution in [3.05, 3.63) is 0 Å². The third-order valence-corrected chi connectivity index (χ3v) is 17.8. The van der Waals surface area contributed by atoms with Gasteiger partial charge in [-0.3, -0.25) is 37.3 Å². The van der Waals surface area contributed by atoms with Gasteiger partial charge in [0.15, 0.2) is 12.2 Å². The van der Waals surface area contributed by atoms with Crippen molar-refractivity contribution in [2.45, 2.75) is 362 Å². The molecule has 522 valence electrons. The van der Waals surface area contributed by atoms with Gasteiger partial charge in [0.1, 0.15) is 19.3 Å². The number of phosphoric acid groups is 2. The van der Waals surface area contributed by atoms with Crippen molar-refractivity contribution in [2.75, 3.05) is 39.6 Å². The van der Waals surface area contributed by atoms with E-state index in [4.69, 9.17) is 37.0 Å². The predicted molar refractivity (Wildman–Crippen MR) is 354 cm³/mol. The van der Waals surface area contributed by atoms with Gasteiger partial charge in [0, 0.05) is 25.7 Å². The number of esters is 4. The highest BCUT2D eigenvalue weighted by Gasteiger charge is 2.30. The van der Waals surface area contributed by atoms with E-state index in [1.165, 1.54) is 148 Å². The Kier molecular flexibility index (Phi) is 58.7. The first kappa shape index (κ1) is 86.1. The third kappa shape index (κ3) is 62.8. The van der Waals surface area contributed by atoms with Crippen molar-refractivity contribution in [1.82, 2.24) is 0 Å². The number of carbonyl (C=O) groups is 4. The SMILES string of the molecule is CCCCCCCCCCCCC(=O)O[C@H](COC(=O)CCCCCCCCC(C)C)COP(=O)(O)OC[C@H](O)COP(=O)(O)OC[C@@H](COC(=O)CCCCCCCCCCCCCC(C)C)OC(=O)CCCCCCCCCCCCCCC(C)C. The first-order valence-corrected chi connectivity index (χ1v) is 38.8. The van der Waals surface area contributed by atoms with Gasteiger partial charge >= 0.3 is 39.5 Å². The summed E-state index contributed by atoms with van der Waals surface area (Å²) in [4.78, 5) is 72.4. The maximum atomic E-state index is 13.0. The molecule has 0 rings (SSSR count). The Labute approximate surface area is 537 Å². The molecule has 0 fully saturated rings. The lowest BCUT2D eigenvalue weighted by atomic mass is 10.0.